The van der Waals surface area contributed by atoms with Gasteiger partial charge in [-0.25, -0.2) is 19.2 Å². The third-order valence-corrected chi connectivity index (χ3v) is 6.59. The van der Waals surface area contributed by atoms with Crippen LogP contribution in [0.5, 0.6) is 5.75 Å². The Labute approximate surface area is 209 Å². The van der Waals surface area contributed by atoms with E-state index in [-0.39, 0.29) is 42.1 Å². The van der Waals surface area contributed by atoms with Gasteiger partial charge in [0.05, 0.1) is 12.8 Å². The first kappa shape index (κ1) is 25.3. The summed E-state index contributed by atoms with van der Waals surface area (Å²) in [5, 5.41) is 12.6. The molecule has 0 spiro atoms. The number of oxime groups is 1. The second-order valence-electron chi connectivity index (χ2n) is 9.06. The van der Waals surface area contributed by atoms with Crippen LogP contribution < -0.4 is 20.7 Å². The molecule has 0 radical (unpaired) electrons. The minimum absolute atomic E-state index is 0.0537. The first-order valence-electron chi connectivity index (χ1n) is 12.0. The highest BCUT2D eigenvalue weighted by Gasteiger charge is 2.34. The van der Waals surface area contributed by atoms with Crippen LogP contribution in [0.2, 0.25) is 0 Å². The van der Waals surface area contributed by atoms with Crippen LogP contribution in [0.4, 0.5) is 9.18 Å². The number of carbonyl (C=O) groups is 2. The fourth-order valence-electron chi connectivity index (χ4n) is 4.61. The topological polar surface area (TPSA) is 127 Å². The number of amides is 3. The van der Waals surface area contributed by atoms with Crippen LogP contribution in [-0.2, 0) is 11.4 Å². The smallest absolute Gasteiger partial charge is 0.314 e. The Kier molecular flexibility index (Phi) is 7.97. The van der Waals surface area contributed by atoms with Crippen LogP contribution in [0.3, 0.4) is 0 Å². The number of hydrogen-bond donors (Lipinski definition) is 3. The summed E-state index contributed by atoms with van der Waals surface area (Å²) < 4.78 is 18.6. The zero-order valence-electron chi connectivity index (χ0n) is 20.6. The first-order valence-corrected chi connectivity index (χ1v) is 12.0. The van der Waals surface area contributed by atoms with Crippen LogP contribution in [-0.4, -0.2) is 53.9 Å². The van der Waals surface area contributed by atoms with E-state index in [4.69, 9.17) is 9.57 Å². The lowest BCUT2D eigenvalue weighted by molar-refractivity contribution is 0.0239. The molecule has 2 aromatic rings. The summed E-state index contributed by atoms with van der Waals surface area (Å²) in [7, 11) is 3.00. The van der Waals surface area contributed by atoms with E-state index in [0.29, 0.717) is 35.1 Å². The molecule has 2 heterocycles. The molecule has 1 unspecified atom stereocenters. The zero-order chi connectivity index (χ0) is 25.7. The van der Waals surface area contributed by atoms with Crippen molar-refractivity contribution in [2.45, 2.75) is 57.7 Å². The highest BCUT2D eigenvalue weighted by Crippen LogP contribution is 2.33. The van der Waals surface area contributed by atoms with Crippen molar-refractivity contribution in [3.63, 3.8) is 0 Å². The van der Waals surface area contributed by atoms with Gasteiger partial charge in [-0.05, 0) is 62.3 Å². The fraction of sp³-hybridized carbons (Fsp3) is 0.480. The number of carbonyl (C=O) groups excluding carboxylic acids is 2. The fourth-order valence-corrected chi connectivity index (χ4v) is 4.61. The van der Waals surface area contributed by atoms with Gasteiger partial charge in [-0.2, -0.15) is 0 Å². The summed E-state index contributed by atoms with van der Waals surface area (Å²) in [5.41, 5.74) is 2.17. The molecule has 1 aromatic heterocycles. The number of aromatic nitrogens is 2. The molecule has 1 aliphatic carbocycles. The van der Waals surface area contributed by atoms with E-state index < -0.39 is 5.82 Å². The number of benzene rings is 1. The highest BCUT2D eigenvalue weighted by molar-refractivity contribution is 6.01. The molecule has 10 nitrogen and oxygen atoms in total. The van der Waals surface area contributed by atoms with Crippen LogP contribution in [0, 0.1) is 18.7 Å². The standard InChI is InChI=1S/C25H31FN6O4/c1-14-29-19(11-21(30-14)24(33)28-13-15-4-9-18(26)23(10-15)35-3)20-12-22(36-32-20)16-5-7-17(8-6-16)31-25(34)27-2/h4,9-11,16-17,22H,5-8,12-13H2,1-3H3,(H,28,33)(H2,27,31,34)/t16-,17-,22?. The lowest BCUT2D eigenvalue weighted by Crippen LogP contribution is -2.43. The molecule has 192 valence electrons. The Hall–Kier alpha value is -3.76. The third kappa shape index (κ3) is 6.07. The SMILES string of the molecule is CNC(=O)N[C@H]1CC[C@H](C2CC(c3cc(C(=O)NCc4ccc(F)c(OC)c4)nc(C)n3)=NO2)CC1. The lowest BCUT2D eigenvalue weighted by Gasteiger charge is -2.31. The molecule has 1 aromatic carbocycles. The van der Waals surface area contributed by atoms with E-state index in [1.165, 1.54) is 13.2 Å². The maximum Gasteiger partial charge on any atom is 0.314 e. The number of nitrogens with zero attached hydrogens (tertiary/aromatic N) is 3. The van der Waals surface area contributed by atoms with Crippen molar-refractivity contribution in [2.24, 2.45) is 11.1 Å². The van der Waals surface area contributed by atoms with Gasteiger partial charge in [-0.15, -0.1) is 0 Å². The van der Waals surface area contributed by atoms with E-state index in [2.05, 4.69) is 31.1 Å². The molecule has 1 saturated carbocycles. The summed E-state index contributed by atoms with van der Waals surface area (Å²) in [4.78, 5) is 38.8. The van der Waals surface area contributed by atoms with Crippen LogP contribution in [0.15, 0.2) is 29.4 Å². The molecule has 3 N–H and O–H groups in total. The second-order valence-corrected chi connectivity index (χ2v) is 9.06. The van der Waals surface area contributed by atoms with Gasteiger partial charge in [0.2, 0.25) is 0 Å². The molecule has 4 rings (SSSR count). The first-order chi connectivity index (χ1) is 17.4. The summed E-state index contributed by atoms with van der Waals surface area (Å²) in [6.45, 7) is 1.91. The monoisotopic (exact) mass is 498 g/mol. The summed E-state index contributed by atoms with van der Waals surface area (Å²) in [6, 6.07) is 6.05. The average Bonchev–Trinajstić information content (AvgIpc) is 3.38. The zero-order valence-corrected chi connectivity index (χ0v) is 20.6. The minimum atomic E-state index is -0.463. The molecule has 2 aliphatic rings. The van der Waals surface area contributed by atoms with Crippen molar-refractivity contribution in [3.05, 3.63) is 52.9 Å². The molecule has 3 amide bonds. The van der Waals surface area contributed by atoms with Gasteiger partial charge in [-0.3, -0.25) is 4.79 Å². The van der Waals surface area contributed by atoms with Crippen molar-refractivity contribution in [1.29, 1.82) is 0 Å². The van der Waals surface area contributed by atoms with E-state index in [1.807, 2.05) is 0 Å². The average molecular weight is 499 g/mol. The van der Waals surface area contributed by atoms with E-state index in [0.717, 1.165) is 25.7 Å². The molecule has 1 fully saturated rings. The van der Waals surface area contributed by atoms with Gasteiger partial charge in [0.15, 0.2) is 11.6 Å². The number of methoxy groups -OCH3 is 1. The molecule has 36 heavy (non-hydrogen) atoms. The highest BCUT2D eigenvalue weighted by atomic mass is 19.1. The predicted molar refractivity (Wildman–Crippen MR) is 130 cm³/mol. The number of hydrogen-bond acceptors (Lipinski definition) is 7. The van der Waals surface area contributed by atoms with E-state index in [9.17, 15) is 14.0 Å². The van der Waals surface area contributed by atoms with E-state index in [1.54, 1.807) is 32.2 Å². The normalized spacial score (nSPS) is 21.2. The van der Waals surface area contributed by atoms with E-state index >= 15 is 0 Å². The van der Waals surface area contributed by atoms with Crippen molar-refractivity contribution >= 4 is 17.6 Å². The van der Waals surface area contributed by atoms with Gasteiger partial charge in [0.25, 0.3) is 5.91 Å². The number of aryl methyl sites for hydroxylation is 1. The number of halogens is 1. The van der Waals surface area contributed by atoms with Crippen LogP contribution >= 0.6 is 0 Å². The van der Waals surface area contributed by atoms with Gasteiger partial charge >= 0.3 is 6.03 Å². The minimum Gasteiger partial charge on any atom is -0.494 e. The molecule has 1 atom stereocenters. The van der Waals surface area contributed by atoms with Crippen molar-refractivity contribution in [2.75, 3.05) is 14.2 Å². The van der Waals surface area contributed by atoms with Crippen molar-refractivity contribution < 1.29 is 23.6 Å². The summed E-state index contributed by atoms with van der Waals surface area (Å²) >= 11 is 0. The Balaban J connectivity index is 1.34. The van der Waals surface area contributed by atoms with Crippen molar-refractivity contribution in [1.82, 2.24) is 25.9 Å². The van der Waals surface area contributed by atoms with Gasteiger partial charge in [0, 0.05) is 26.1 Å². The Morgan fingerprint density at radius 2 is 1.94 bits per heavy atom. The number of rotatable bonds is 7. The summed E-state index contributed by atoms with van der Waals surface area (Å²) in [6.07, 6.45) is 4.21. The maximum atomic E-state index is 13.6. The van der Waals surface area contributed by atoms with Crippen LogP contribution in [0.25, 0.3) is 0 Å². The second kappa shape index (κ2) is 11.3. The molecular weight excluding hydrogens is 467 g/mol. The number of urea groups is 1. The number of nitrogens with one attached hydrogen (secondary N) is 3. The van der Waals surface area contributed by atoms with Crippen molar-refractivity contribution in [3.8, 4) is 5.75 Å². The Morgan fingerprint density at radius 1 is 1.17 bits per heavy atom. The maximum absolute atomic E-state index is 13.6. The third-order valence-electron chi connectivity index (χ3n) is 6.59. The molecule has 11 heteroatoms. The van der Waals surface area contributed by atoms with Gasteiger partial charge < -0.3 is 25.5 Å². The quantitative estimate of drug-likeness (QED) is 0.539. The molecule has 1 aliphatic heterocycles. The van der Waals surface area contributed by atoms with Gasteiger partial charge in [0.1, 0.15) is 23.3 Å². The Bertz CT molecular complexity index is 1150. The predicted octanol–water partition coefficient (Wildman–Crippen LogP) is 2.84. The largest absolute Gasteiger partial charge is 0.494 e. The van der Waals surface area contributed by atoms with Gasteiger partial charge in [-0.1, -0.05) is 11.2 Å². The molecular formula is C25H31FN6O4. The lowest BCUT2D eigenvalue weighted by atomic mass is 9.81. The number of ether oxygens (including phenoxy) is 1. The van der Waals surface area contributed by atoms with Crippen LogP contribution in [0.1, 0.15) is 59.7 Å². The molecule has 0 saturated heterocycles. The summed E-state index contributed by atoms with van der Waals surface area (Å²) in [5.74, 6) is 0.0745. The Morgan fingerprint density at radius 3 is 2.67 bits per heavy atom. The molecule has 0 bridgehead atoms.